The maximum absolute atomic E-state index is 12.9. The first-order valence-electron chi connectivity index (χ1n) is 17.1. The van der Waals surface area contributed by atoms with E-state index in [0.29, 0.717) is 52.2 Å². The van der Waals surface area contributed by atoms with Gasteiger partial charge in [0.25, 0.3) is 0 Å². The van der Waals surface area contributed by atoms with Gasteiger partial charge in [-0.3, -0.25) is 43.8 Å². The third kappa shape index (κ3) is 18.9. The second-order valence-corrected chi connectivity index (χ2v) is 15.1. The molecule has 5 amide bonds. The molecule has 0 aromatic carbocycles. The van der Waals surface area contributed by atoms with Gasteiger partial charge in [0, 0.05) is 50.2 Å². The first-order valence-corrected chi connectivity index (χ1v) is 18.1. The van der Waals surface area contributed by atoms with E-state index >= 15 is 0 Å². The van der Waals surface area contributed by atoms with E-state index in [4.69, 9.17) is 20.9 Å². The highest BCUT2D eigenvalue weighted by Crippen LogP contribution is 2.25. The lowest BCUT2D eigenvalue weighted by molar-refractivity contribution is -0.141. The SMILES string of the molecule is CC(=O)CN1C(=O)CC(SC[C@@H](N)C(=O)NCCCC[C@H](NC(C)(C)C(=O)CCC(=O)NCCOCCOCCNC(C)(C)C)C(N)=O)C1=O. The largest absolute Gasteiger partial charge is 0.378 e. The summed E-state index contributed by atoms with van der Waals surface area (Å²) in [5.41, 5.74) is 10.5. The summed E-state index contributed by atoms with van der Waals surface area (Å²) in [6.07, 6.45) is 1.25. The molecule has 0 spiro atoms. The number of nitrogens with zero attached hydrogens (tertiary/aromatic N) is 1. The Bertz CT molecular complexity index is 1160. The molecule has 0 aliphatic carbocycles. The number of likely N-dealkylation sites (tertiary alicyclic amines) is 1. The van der Waals surface area contributed by atoms with Crippen molar-refractivity contribution in [2.24, 2.45) is 11.5 Å². The average Bonchev–Trinajstić information content (AvgIpc) is 3.28. The molecule has 1 rings (SSSR count). The Balaban J connectivity index is 2.27. The Hall–Kier alpha value is -2.96. The van der Waals surface area contributed by atoms with Gasteiger partial charge in [-0.15, -0.1) is 11.8 Å². The molecule has 17 heteroatoms. The zero-order chi connectivity index (χ0) is 37.9. The number of nitrogens with one attached hydrogen (secondary N) is 4. The lowest BCUT2D eigenvalue weighted by Gasteiger charge is -2.29. The molecule has 3 atom stereocenters. The second-order valence-electron chi connectivity index (χ2n) is 13.8. The Labute approximate surface area is 300 Å². The van der Waals surface area contributed by atoms with Crippen molar-refractivity contribution in [2.45, 2.75) is 108 Å². The van der Waals surface area contributed by atoms with Crippen LogP contribution in [0.4, 0.5) is 0 Å². The fourth-order valence-electron chi connectivity index (χ4n) is 4.80. The molecule has 1 saturated heterocycles. The van der Waals surface area contributed by atoms with Gasteiger partial charge in [-0.2, -0.15) is 0 Å². The summed E-state index contributed by atoms with van der Waals surface area (Å²) in [5.74, 6) is -2.64. The minimum absolute atomic E-state index is 0.0111. The second kappa shape index (κ2) is 22.8. The number of ketones is 2. The number of nitrogens with two attached hydrogens (primary N) is 2. The number of thioether (sulfide) groups is 1. The monoisotopic (exact) mass is 729 g/mol. The number of carbonyl (C=O) groups is 7. The van der Waals surface area contributed by atoms with E-state index < -0.39 is 46.5 Å². The van der Waals surface area contributed by atoms with E-state index in [-0.39, 0.29) is 61.1 Å². The normalized spacial score (nSPS) is 16.3. The Morgan fingerprint density at radius 3 is 2.16 bits per heavy atom. The van der Waals surface area contributed by atoms with Crippen LogP contribution in [0.15, 0.2) is 0 Å². The Morgan fingerprint density at radius 1 is 0.920 bits per heavy atom. The quantitative estimate of drug-likeness (QED) is 0.0447. The van der Waals surface area contributed by atoms with Crippen LogP contribution in [0.5, 0.6) is 0 Å². The van der Waals surface area contributed by atoms with Crippen LogP contribution in [-0.2, 0) is 43.0 Å². The van der Waals surface area contributed by atoms with Crippen LogP contribution in [0, 0.1) is 0 Å². The van der Waals surface area contributed by atoms with E-state index in [1.165, 1.54) is 6.92 Å². The van der Waals surface area contributed by atoms with Crippen molar-refractivity contribution in [3.8, 4) is 0 Å². The summed E-state index contributed by atoms with van der Waals surface area (Å²) in [6.45, 7) is 13.7. The maximum atomic E-state index is 12.9. The predicted molar refractivity (Wildman–Crippen MR) is 190 cm³/mol. The zero-order valence-electron chi connectivity index (χ0n) is 30.5. The van der Waals surface area contributed by atoms with Crippen LogP contribution in [0.1, 0.15) is 80.1 Å². The van der Waals surface area contributed by atoms with Gasteiger partial charge in [-0.25, -0.2) is 0 Å². The standard InChI is InChI=1S/C33H59N7O9S/c1-22(41)20-40-28(44)19-25(31(40)47)50-21-23(34)30(46)37-12-8-7-9-24(29(35)45)39-33(5,6)26(42)10-11-27(43)36-13-15-48-17-18-49-16-14-38-32(2,3)4/h23-25,38-39H,7-21,34H2,1-6H3,(H2,35,45)(H,36,43)(H,37,46)/t23-,24+,25?/m1/s1. The maximum Gasteiger partial charge on any atom is 0.243 e. The van der Waals surface area contributed by atoms with Crippen LogP contribution < -0.4 is 32.7 Å². The van der Waals surface area contributed by atoms with Crippen LogP contribution >= 0.6 is 11.8 Å². The number of primary amides is 1. The lowest BCUT2D eigenvalue weighted by Crippen LogP contribution is -2.55. The van der Waals surface area contributed by atoms with Gasteiger partial charge in [0.2, 0.25) is 29.5 Å². The van der Waals surface area contributed by atoms with Gasteiger partial charge in [-0.05, 0) is 60.8 Å². The van der Waals surface area contributed by atoms with Gasteiger partial charge < -0.3 is 36.9 Å². The molecule has 1 aliphatic heterocycles. The summed E-state index contributed by atoms with van der Waals surface area (Å²) in [5, 5.41) is 11.1. The van der Waals surface area contributed by atoms with Crippen molar-refractivity contribution in [3.63, 3.8) is 0 Å². The number of rotatable bonds is 27. The number of ether oxygens (including phenoxy) is 2. The van der Waals surface area contributed by atoms with E-state index in [0.717, 1.165) is 23.2 Å². The van der Waals surface area contributed by atoms with E-state index in [2.05, 4.69) is 42.0 Å². The third-order valence-electron chi connectivity index (χ3n) is 7.61. The summed E-state index contributed by atoms with van der Waals surface area (Å²) in [4.78, 5) is 86.3. The van der Waals surface area contributed by atoms with Gasteiger partial charge in [-0.1, -0.05) is 0 Å². The molecule has 1 unspecified atom stereocenters. The summed E-state index contributed by atoms with van der Waals surface area (Å²) < 4.78 is 10.9. The Morgan fingerprint density at radius 2 is 1.56 bits per heavy atom. The van der Waals surface area contributed by atoms with E-state index in [9.17, 15) is 33.6 Å². The zero-order valence-corrected chi connectivity index (χ0v) is 31.3. The highest BCUT2D eigenvalue weighted by atomic mass is 32.2. The minimum atomic E-state index is -1.11. The molecule has 1 heterocycles. The average molecular weight is 730 g/mol. The molecule has 286 valence electrons. The van der Waals surface area contributed by atoms with Crippen molar-refractivity contribution >= 4 is 52.9 Å². The molecule has 8 N–H and O–H groups in total. The topological polar surface area (TPSA) is 241 Å². The van der Waals surface area contributed by atoms with Crippen molar-refractivity contribution in [1.82, 2.24) is 26.2 Å². The summed E-state index contributed by atoms with van der Waals surface area (Å²) in [6, 6.07) is -1.72. The summed E-state index contributed by atoms with van der Waals surface area (Å²) >= 11 is 1.11. The molecule has 50 heavy (non-hydrogen) atoms. The molecular weight excluding hydrogens is 670 g/mol. The van der Waals surface area contributed by atoms with Crippen LogP contribution in [0.3, 0.4) is 0 Å². The van der Waals surface area contributed by atoms with Crippen molar-refractivity contribution in [3.05, 3.63) is 0 Å². The Kier molecular flexibility index (Phi) is 20.5. The molecule has 0 radical (unpaired) electrons. The number of carbonyl (C=O) groups excluding carboxylic acids is 7. The smallest absolute Gasteiger partial charge is 0.243 e. The number of hydrogen-bond acceptors (Lipinski definition) is 13. The number of Topliss-reactive ketones (excluding diaryl/α,β-unsaturated/α-hetero) is 2. The van der Waals surface area contributed by atoms with Crippen molar-refractivity contribution in [1.29, 1.82) is 0 Å². The lowest BCUT2D eigenvalue weighted by atomic mass is 9.93. The fraction of sp³-hybridized carbons (Fsp3) is 0.788. The van der Waals surface area contributed by atoms with Crippen molar-refractivity contribution < 1.29 is 43.0 Å². The molecule has 16 nitrogen and oxygen atoms in total. The third-order valence-corrected chi connectivity index (χ3v) is 8.94. The summed E-state index contributed by atoms with van der Waals surface area (Å²) in [7, 11) is 0. The predicted octanol–water partition coefficient (Wildman–Crippen LogP) is -0.841. The number of imide groups is 1. The van der Waals surface area contributed by atoms with Crippen molar-refractivity contribution in [2.75, 3.05) is 58.4 Å². The van der Waals surface area contributed by atoms with Crippen LogP contribution in [0.25, 0.3) is 0 Å². The number of unbranched alkanes of at least 4 members (excludes halogenated alkanes) is 1. The highest BCUT2D eigenvalue weighted by Gasteiger charge is 2.39. The van der Waals surface area contributed by atoms with Crippen LogP contribution in [0.2, 0.25) is 0 Å². The first-order chi connectivity index (χ1) is 23.3. The van der Waals surface area contributed by atoms with Gasteiger partial charge in [0.05, 0.1) is 55.8 Å². The van der Waals surface area contributed by atoms with Gasteiger partial charge in [0.15, 0.2) is 5.78 Å². The molecule has 0 aromatic rings. The van der Waals surface area contributed by atoms with Gasteiger partial charge in [0.1, 0.15) is 5.78 Å². The van der Waals surface area contributed by atoms with Crippen LogP contribution in [-0.4, -0.2) is 133 Å². The number of hydrogen-bond donors (Lipinski definition) is 6. The minimum Gasteiger partial charge on any atom is -0.378 e. The molecule has 0 bridgehead atoms. The van der Waals surface area contributed by atoms with E-state index in [1.807, 2.05) is 0 Å². The first kappa shape index (κ1) is 45.1. The molecule has 0 saturated carbocycles. The highest BCUT2D eigenvalue weighted by molar-refractivity contribution is 8.00. The molecule has 0 aromatic heterocycles. The van der Waals surface area contributed by atoms with Gasteiger partial charge >= 0.3 is 0 Å². The van der Waals surface area contributed by atoms with E-state index in [1.54, 1.807) is 13.8 Å². The number of amides is 5. The fourth-order valence-corrected chi connectivity index (χ4v) is 5.92. The molecular formula is C33H59N7O9S. The molecule has 1 aliphatic rings. The molecule has 1 fully saturated rings.